The van der Waals surface area contributed by atoms with Gasteiger partial charge in [-0.3, -0.25) is 4.79 Å². The van der Waals surface area contributed by atoms with Crippen LogP contribution in [0.1, 0.15) is 35.1 Å². The molecule has 0 unspecified atom stereocenters. The Kier molecular flexibility index (Phi) is 7.10. The van der Waals surface area contributed by atoms with Crippen LogP contribution in [-0.4, -0.2) is 54.1 Å². The Morgan fingerprint density at radius 1 is 0.952 bits per heavy atom. The predicted molar refractivity (Wildman–Crippen MR) is 131 cm³/mol. The summed E-state index contributed by atoms with van der Waals surface area (Å²) >= 11 is 0. The van der Waals surface area contributed by atoms with Gasteiger partial charge in [0.25, 0.3) is 0 Å². The number of fused-ring (bicyclic) bond motifs is 3. The Morgan fingerprint density at radius 2 is 1.57 bits per heavy atom. The molecule has 3 aromatic rings. The van der Waals surface area contributed by atoms with Gasteiger partial charge >= 0.3 is 18.0 Å². The van der Waals surface area contributed by atoms with Crippen LogP contribution in [-0.2, 0) is 37.9 Å². The Balaban J connectivity index is 1.67. The highest BCUT2D eigenvalue weighted by atomic mass is 32.2. The molecule has 0 bridgehead atoms. The molecule has 0 N–H and O–H groups in total. The van der Waals surface area contributed by atoms with Gasteiger partial charge in [-0.1, -0.05) is 18.2 Å². The second-order valence-corrected chi connectivity index (χ2v) is 12.4. The number of hydrogen-bond donors (Lipinski definition) is 0. The van der Waals surface area contributed by atoms with Crippen LogP contribution < -0.4 is 0 Å². The first-order chi connectivity index (χ1) is 19.5. The molecular formula is C27H21F8N3O3S. The van der Waals surface area contributed by atoms with Gasteiger partial charge in [0.2, 0.25) is 5.91 Å². The zero-order valence-corrected chi connectivity index (χ0v) is 22.2. The minimum atomic E-state index is -6.35. The third-order valence-corrected chi connectivity index (χ3v) is 10.5. The molecule has 0 spiro atoms. The van der Waals surface area contributed by atoms with Gasteiger partial charge in [0.15, 0.2) is 9.84 Å². The van der Waals surface area contributed by atoms with E-state index in [1.165, 1.54) is 23.6 Å². The maximum atomic E-state index is 14.9. The van der Waals surface area contributed by atoms with Crippen molar-refractivity contribution < 1.29 is 48.3 Å². The fourth-order valence-corrected chi connectivity index (χ4v) is 8.42. The molecule has 224 valence electrons. The second-order valence-electron chi connectivity index (χ2n) is 10.2. The molecule has 42 heavy (non-hydrogen) atoms. The number of amides is 1. The van der Waals surface area contributed by atoms with Crippen molar-refractivity contribution in [3.8, 4) is 0 Å². The fraction of sp³-hybridized carbons (Fsp3) is 0.370. The number of benzene rings is 2. The van der Waals surface area contributed by atoms with Gasteiger partial charge in [0.05, 0.1) is 17.4 Å². The van der Waals surface area contributed by atoms with E-state index in [1.54, 1.807) is 0 Å². The van der Waals surface area contributed by atoms with Crippen molar-refractivity contribution in [2.45, 2.75) is 59.4 Å². The van der Waals surface area contributed by atoms with Crippen molar-refractivity contribution in [1.82, 2.24) is 14.9 Å². The fourth-order valence-electron chi connectivity index (χ4n) is 6.05. The van der Waals surface area contributed by atoms with Gasteiger partial charge in [-0.05, 0) is 60.2 Å². The maximum Gasteiger partial charge on any atom is 0.435 e. The van der Waals surface area contributed by atoms with Gasteiger partial charge < -0.3 is 4.90 Å². The smallest absolute Gasteiger partial charge is 0.337 e. The molecule has 5 rings (SSSR count). The number of halogens is 8. The lowest BCUT2D eigenvalue weighted by Gasteiger charge is -2.43. The molecular weight excluding hydrogens is 598 g/mol. The van der Waals surface area contributed by atoms with Crippen LogP contribution in [0.4, 0.5) is 35.1 Å². The Bertz CT molecular complexity index is 1600. The summed E-state index contributed by atoms with van der Waals surface area (Å²) in [5.74, 6) is -1.24. The van der Waals surface area contributed by atoms with Crippen LogP contribution in [0.2, 0.25) is 0 Å². The highest BCUT2D eigenvalue weighted by molar-refractivity contribution is 7.92. The second kappa shape index (κ2) is 9.99. The molecule has 1 aliphatic carbocycles. The van der Waals surface area contributed by atoms with Crippen LogP contribution in [0.15, 0.2) is 66.1 Å². The summed E-state index contributed by atoms with van der Waals surface area (Å²) in [4.78, 5) is 22.0. The van der Waals surface area contributed by atoms with Crippen molar-refractivity contribution >= 4 is 15.7 Å². The predicted octanol–water partition coefficient (Wildman–Crippen LogP) is 5.36. The van der Waals surface area contributed by atoms with E-state index >= 15 is 0 Å². The zero-order valence-electron chi connectivity index (χ0n) is 21.4. The number of carbonyl (C=O) groups excluding carboxylic acids is 1. The van der Waals surface area contributed by atoms with Crippen molar-refractivity contribution in [1.29, 1.82) is 0 Å². The molecule has 1 amide bonds. The van der Waals surface area contributed by atoms with Gasteiger partial charge in [0.1, 0.15) is 16.9 Å². The highest BCUT2D eigenvalue weighted by Crippen LogP contribution is 2.56. The van der Waals surface area contributed by atoms with Crippen LogP contribution in [0.5, 0.6) is 0 Å². The SMILES string of the molecule is O=C(Cc1cncnc1)N1CC[C@@]2(S(=O)(=O)c3ccc(F)cc3)c3ccc(C(F)(C(F)(F)F)C(F)(F)F)cc3CC[C@@H]12. The van der Waals surface area contributed by atoms with E-state index in [-0.39, 0.29) is 54.3 Å². The van der Waals surface area contributed by atoms with E-state index in [1.807, 2.05) is 0 Å². The number of hydrogen-bond acceptors (Lipinski definition) is 5. The van der Waals surface area contributed by atoms with Crippen LogP contribution >= 0.6 is 0 Å². The zero-order chi connectivity index (χ0) is 30.7. The molecule has 2 atom stereocenters. The minimum absolute atomic E-state index is 0.114. The molecule has 1 aliphatic heterocycles. The van der Waals surface area contributed by atoms with Crippen LogP contribution in [0, 0.1) is 5.82 Å². The molecule has 1 fully saturated rings. The van der Waals surface area contributed by atoms with Gasteiger partial charge in [-0.2, -0.15) is 26.3 Å². The first-order valence-electron chi connectivity index (χ1n) is 12.5. The Hall–Kier alpha value is -3.62. The molecule has 1 saturated heterocycles. The Morgan fingerprint density at radius 3 is 2.17 bits per heavy atom. The van der Waals surface area contributed by atoms with E-state index in [4.69, 9.17) is 0 Å². The highest BCUT2D eigenvalue weighted by Gasteiger charge is 2.73. The molecule has 2 aromatic carbocycles. The van der Waals surface area contributed by atoms with E-state index in [0.29, 0.717) is 11.6 Å². The lowest BCUT2D eigenvalue weighted by Crippen LogP contribution is -2.53. The molecule has 15 heteroatoms. The summed E-state index contributed by atoms with van der Waals surface area (Å²) in [6.07, 6.45) is -9.53. The van der Waals surface area contributed by atoms with Crippen molar-refractivity contribution in [2.75, 3.05) is 6.54 Å². The molecule has 0 saturated carbocycles. The van der Waals surface area contributed by atoms with E-state index in [0.717, 1.165) is 30.3 Å². The normalized spacial score (nSPS) is 21.1. The lowest BCUT2D eigenvalue weighted by atomic mass is 9.76. The summed E-state index contributed by atoms with van der Waals surface area (Å²) in [5.41, 5.74) is -7.37. The standard InChI is InChI=1S/C27H21F8N3O3S/c28-19-3-5-20(6-4-19)42(40,41)24-9-10-38(23(39)11-16-13-36-15-37-14-16)22(24)8-1-17-12-18(2-7-21(17)24)25(29,26(30,31)32)27(33,34)35/h2-7,12-15,22H,1,8-11H2/t22-,24-/m1/s1. The number of likely N-dealkylation sites (tertiary alicyclic amines) is 1. The number of aryl methyl sites for hydroxylation is 1. The van der Waals surface area contributed by atoms with Gasteiger partial charge in [-0.25, -0.2) is 27.2 Å². The third kappa shape index (κ3) is 4.43. The first-order valence-corrected chi connectivity index (χ1v) is 14.0. The monoisotopic (exact) mass is 619 g/mol. The number of rotatable bonds is 5. The quantitative estimate of drug-likeness (QED) is 0.284. The van der Waals surface area contributed by atoms with Crippen molar-refractivity contribution in [3.05, 3.63) is 89.3 Å². The van der Waals surface area contributed by atoms with E-state index in [9.17, 15) is 48.3 Å². The first kappa shape index (κ1) is 29.9. The molecule has 2 aliphatic rings. The summed E-state index contributed by atoms with van der Waals surface area (Å²) < 4.78 is 136. The largest absolute Gasteiger partial charge is 0.435 e. The molecule has 0 radical (unpaired) electrons. The summed E-state index contributed by atoms with van der Waals surface area (Å²) in [6, 6.07) is 4.14. The third-order valence-electron chi connectivity index (χ3n) is 7.96. The summed E-state index contributed by atoms with van der Waals surface area (Å²) in [7, 11) is -4.56. The molecule has 6 nitrogen and oxygen atoms in total. The van der Waals surface area contributed by atoms with Crippen molar-refractivity contribution in [3.63, 3.8) is 0 Å². The van der Waals surface area contributed by atoms with Gasteiger partial charge in [-0.15, -0.1) is 0 Å². The number of sulfone groups is 1. The molecule has 2 heterocycles. The summed E-state index contributed by atoms with van der Waals surface area (Å²) in [5, 5.41) is 0. The Labute approximate surface area is 234 Å². The lowest BCUT2D eigenvalue weighted by molar-refractivity contribution is -0.348. The van der Waals surface area contributed by atoms with Crippen LogP contribution in [0.25, 0.3) is 0 Å². The number of aromatic nitrogens is 2. The number of nitrogens with zero attached hydrogens (tertiary/aromatic N) is 3. The topological polar surface area (TPSA) is 80.2 Å². The van der Waals surface area contributed by atoms with Crippen molar-refractivity contribution in [2.24, 2.45) is 0 Å². The van der Waals surface area contributed by atoms with Gasteiger partial charge in [0, 0.05) is 24.5 Å². The minimum Gasteiger partial charge on any atom is -0.337 e. The molecule has 1 aromatic heterocycles. The maximum absolute atomic E-state index is 14.9. The average molecular weight is 620 g/mol. The van der Waals surface area contributed by atoms with Crippen LogP contribution in [0.3, 0.4) is 0 Å². The number of carbonyl (C=O) groups is 1. The van der Waals surface area contributed by atoms with E-state index < -0.39 is 55.9 Å². The summed E-state index contributed by atoms with van der Waals surface area (Å²) in [6.45, 7) is -0.114. The number of alkyl halides is 7. The average Bonchev–Trinajstić information content (AvgIpc) is 3.34. The van der Waals surface area contributed by atoms with E-state index in [2.05, 4.69) is 9.97 Å².